The first kappa shape index (κ1) is 16.2. The molecule has 2 heterocycles. The van der Waals surface area contributed by atoms with E-state index in [1.165, 1.54) is 26.8 Å². The molecule has 0 saturated heterocycles. The van der Waals surface area contributed by atoms with Crippen molar-refractivity contribution >= 4 is 28.2 Å². The molecule has 0 aliphatic carbocycles. The number of aromatic nitrogens is 2. The standard InChI is InChI=1S/C14H17N3O4S/c1-8(2)16(5-4-11(18)19)12(20)10-6-15-14-17(13(10)21)9(3)7-22-14/h6-8H,4-5H2,1-3H3,(H,18,19). The molecule has 0 bridgehead atoms. The molecule has 0 saturated carbocycles. The Morgan fingerprint density at radius 2 is 2.14 bits per heavy atom. The lowest BCUT2D eigenvalue weighted by atomic mass is 10.2. The van der Waals surface area contributed by atoms with Crippen molar-refractivity contribution in [2.24, 2.45) is 0 Å². The Hall–Kier alpha value is -2.22. The van der Waals surface area contributed by atoms with Crippen molar-refractivity contribution in [3.63, 3.8) is 0 Å². The Balaban J connectivity index is 2.42. The van der Waals surface area contributed by atoms with E-state index in [4.69, 9.17) is 5.11 Å². The number of carboxylic acids is 1. The Kier molecular flexibility index (Phi) is 4.60. The quantitative estimate of drug-likeness (QED) is 0.897. The number of carbonyl (C=O) groups excluding carboxylic acids is 1. The Morgan fingerprint density at radius 1 is 1.45 bits per heavy atom. The molecule has 1 N–H and O–H groups in total. The molecule has 118 valence electrons. The third kappa shape index (κ3) is 3.01. The predicted octanol–water partition coefficient (Wildman–Crippen LogP) is 1.39. The predicted molar refractivity (Wildman–Crippen MR) is 82.5 cm³/mol. The van der Waals surface area contributed by atoms with Crippen LogP contribution in [0.1, 0.15) is 36.3 Å². The molecule has 8 heteroatoms. The zero-order chi connectivity index (χ0) is 16.4. The summed E-state index contributed by atoms with van der Waals surface area (Å²) in [7, 11) is 0. The molecule has 0 unspecified atom stereocenters. The van der Waals surface area contributed by atoms with E-state index < -0.39 is 17.4 Å². The van der Waals surface area contributed by atoms with Gasteiger partial charge in [0.1, 0.15) is 5.56 Å². The monoisotopic (exact) mass is 323 g/mol. The lowest BCUT2D eigenvalue weighted by Crippen LogP contribution is -2.41. The van der Waals surface area contributed by atoms with Crippen LogP contribution in [0.4, 0.5) is 0 Å². The van der Waals surface area contributed by atoms with Gasteiger partial charge < -0.3 is 10.0 Å². The number of fused-ring (bicyclic) bond motifs is 1. The van der Waals surface area contributed by atoms with E-state index in [0.29, 0.717) is 10.7 Å². The van der Waals surface area contributed by atoms with Gasteiger partial charge in [0.2, 0.25) is 0 Å². The highest BCUT2D eigenvalue weighted by Gasteiger charge is 2.23. The lowest BCUT2D eigenvalue weighted by Gasteiger charge is -2.25. The first-order valence-corrected chi connectivity index (χ1v) is 7.69. The van der Waals surface area contributed by atoms with E-state index in [1.54, 1.807) is 26.2 Å². The third-order valence-electron chi connectivity index (χ3n) is 3.30. The van der Waals surface area contributed by atoms with Gasteiger partial charge in [-0.3, -0.25) is 18.8 Å². The fraction of sp³-hybridized carbons (Fsp3) is 0.429. The minimum Gasteiger partial charge on any atom is -0.481 e. The molecule has 0 aromatic carbocycles. The second-order valence-corrected chi connectivity index (χ2v) is 6.04. The van der Waals surface area contributed by atoms with Crippen LogP contribution in [0.2, 0.25) is 0 Å². The van der Waals surface area contributed by atoms with E-state index in [9.17, 15) is 14.4 Å². The van der Waals surface area contributed by atoms with Gasteiger partial charge in [-0.05, 0) is 20.8 Å². The maximum absolute atomic E-state index is 12.6. The molecule has 2 aromatic heterocycles. The van der Waals surface area contributed by atoms with Gasteiger partial charge in [0.05, 0.1) is 6.42 Å². The van der Waals surface area contributed by atoms with Gasteiger partial charge in [-0.2, -0.15) is 0 Å². The highest BCUT2D eigenvalue weighted by Crippen LogP contribution is 2.12. The van der Waals surface area contributed by atoms with Crippen LogP contribution in [-0.2, 0) is 4.79 Å². The molecule has 0 aliphatic rings. The van der Waals surface area contributed by atoms with Gasteiger partial charge in [0.15, 0.2) is 4.96 Å². The summed E-state index contributed by atoms with van der Waals surface area (Å²) in [5.41, 5.74) is 0.251. The fourth-order valence-corrected chi connectivity index (χ4v) is 2.96. The van der Waals surface area contributed by atoms with E-state index >= 15 is 0 Å². The molecule has 2 rings (SSSR count). The fourth-order valence-electron chi connectivity index (χ4n) is 2.14. The lowest BCUT2D eigenvalue weighted by molar-refractivity contribution is -0.137. The highest BCUT2D eigenvalue weighted by molar-refractivity contribution is 7.15. The smallest absolute Gasteiger partial charge is 0.305 e. The SMILES string of the molecule is Cc1csc2ncc(C(=O)N(CCC(=O)O)C(C)C)c(=O)n12. The first-order valence-electron chi connectivity index (χ1n) is 6.81. The summed E-state index contributed by atoms with van der Waals surface area (Å²) in [4.78, 5) is 41.8. The maximum Gasteiger partial charge on any atom is 0.305 e. The van der Waals surface area contributed by atoms with E-state index in [2.05, 4.69) is 4.98 Å². The van der Waals surface area contributed by atoms with Gasteiger partial charge in [-0.1, -0.05) is 0 Å². The number of aryl methyl sites for hydroxylation is 1. The minimum atomic E-state index is -0.988. The van der Waals surface area contributed by atoms with Crippen LogP contribution in [0.5, 0.6) is 0 Å². The third-order valence-corrected chi connectivity index (χ3v) is 4.26. The number of aliphatic carboxylic acids is 1. The van der Waals surface area contributed by atoms with Gasteiger partial charge in [-0.15, -0.1) is 11.3 Å². The second kappa shape index (κ2) is 6.27. The van der Waals surface area contributed by atoms with Crippen LogP contribution < -0.4 is 5.56 Å². The van der Waals surface area contributed by atoms with Gasteiger partial charge in [0.25, 0.3) is 11.5 Å². The molecule has 0 atom stereocenters. The van der Waals surface area contributed by atoms with E-state index in [0.717, 1.165) is 0 Å². The van der Waals surface area contributed by atoms with Crippen molar-refractivity contribution < 1.29 is 14.7 Å². The average molecular weight is 323 g/mol. The number of hydrogen-bond acceptors (Lipinski definition) is 5. The average Bonchev–Trinajstić information content (AvgIpc) is 2.80. The van der Waals surface area contributed by atoms with Crippen molar-refractivity contribution in [3.05, 3.63) is 33.2 Å². The largest absolute Gasteiger partial charge is 0.481 e. The summed E-state index contributed by atoms with van der Waals surface area (Å²) in [5, 5.41) is 10.6. The molecular weight excluding hydrogens is 306 g/mol. The summed E-state index contributed by atoms with van der Waals surface area (Å²) in [5.74, 6) is -1.48. The van der Waals surface area contributed by atoms with E-state index in [-0.39, 0.29) is 24.6 Å². The number of rotatable bonds is 5. The molecule has 0 aliphatic heterocycles. The second-order valence-electron chi connectivity index (χ2n) is 5.21. The normalized spacial score (nSPS) is 11.1. The molecule has 0 spiro atoms. The van der Waals surface area contributed by atoms with Crippen molar-refractivity contribution in [1.82, 2.24) is 14.3 Å². The van der Waals surface area contributed by atoms with Crippen LogP contribution >= 0.6 is 11.3 Å². The van der Waals surface area contributed by atoms with Crippen LogP contribution in [0.15, 0.2) is 16.4 Å². The van der Waals surface area contributed by atoms with Gasteiger partial charge in [0, 0.05) is 29.9 Å². The molecule has 7 nitrogen and oxygen atoms in total. The van der Waals surface area contributed by atoms with Gasteiger partial charge in [-0.25, -0.2) is 4.98 Å². The molecular formula is C14H17N3O4S. The highest BCUT2D eigenvalue weighted by atomic mass is 32.1. The van der Waals surface area contributed by atoms with Crippen molar-refractivity contribution in [2.75, 3.05) is 6.54 Å². The number of nitrogens with zero attached hydrogens (tertiary/aromatic N) is 3. The van der Waals surface area contributed by atoms with Crippen LogP contribution in [0.25, 0.3) is 4.96 Å². The summed E-state index contributed by atoms with van der Waals surface area (Å²) in [6, 6.07) is -0.212. The zero-order valence-corrected chi connectivity index (χ0v) is 13.4. The number of thiazole rings is 1. The number of amides is 1. The van der Waals surface area contributed by atoms with Gasteiger partial charge >= 0.3 is 5.97 Å². The number of hydrogen-bond donors (Lipinski definition) is 1. The van der Waals surface area contributed by atoms with Crippen molar-refractivity contribution in [2.45, 2.75) is 33.2 Å². The molecule has 0 fully saturated rings. The Labute approximate surface area is 130 Å². The Morgan fingerprint density at radius 3 is 2.73 bits per heavy atom. The maximum atomic E-state index is 12.6. The Bertz CT molecular complexity index is 778. The van der Waals surface area contributed by atoms with E-state index in [1.807, 2.05) is 0 Å². The zero-order valence-electron chi connectivity index (χ0n) is 12.6. The molecule has 1 amide bonds. The van der Waals surface area contributed by atoms with Crippen LogP contribution in [0.3, 0.4) is 0 Å². The molecule has 2 aromatic rings. The summed E-state index contributed by atoms with van der Waals surface area (Å²) >= 11 is 1.33. The topological polar surface area (TPSA) is 92.0 Å². The molecule has 0 radical (unpaired) electrons. The first-order chi connectivity index (χ1) is 10.3. The number of carboxylic acid groups (broad SMARTS) is 1. The molecule has 22 heavy (non-hydrogen) atoms. The minimum absolute atomic E-state index is 0.0434. The summed E-state index contributed by atoms with van der Waals surface area (Å²) in [6.07, 6.45) is 1.10. The number of carbonyl (C=O) groups is 2. The van der Waals surface area contributed by atoms with Crippen molar-refractivity contribution in [3.8, 4) is 0 Å². The van der Waals surface area contributed by atoms with Crippen molar-refractivity contribution in [1.29, 1.82) is 0 Å². The van der Waals surface area contributed by atoms with Crippen LogP contribution in [0, 0.1) is 6.92 Å². The van der Waals surface area contributed by atoms with Crippen LogP contribution in [-0.4, -0.2) is 43.9 Å². The summed E-state index contributed by atoms with van der Waals surface area (Å²) < 4.78 is 1.40. The summed E-state index contributed by atoms with van der Waals surface area (Å²) in [6.45, 7) is 5.38.